The number of carbonyl (C=O) groups is 2. The first-order chi connectivity index (χ1) is 13.0. The largest absolute Gasteiger partial charge is 0.475 e. The molecule has 0 radical (unpaired) electrons. The number of nitrogens with two attached hydrogens (primary N) is 1. The molecule has 0 aliphatic carbocycles. The van der Waals surface area contributed by atoms with Gasteiger partial charge < -0.3 is 20.8 Å². The molecule has 4 N–H and O–H groups in total. The Morgan fingerprint density at radius 2 is 2.11 bits per heavy atom. The Morgan fingerprint density at radius 3 is 2.85 bits per heavy atom. The number of hydrogen-bond acceptors (Lipinski definition) is 5. The molecule has 8 heteroatoms. The van der Waals surface area contributed by atoms with Crippen molar-refractivity contribution in [3.8, 4) is 5.88 Å². The number of fused-ring (bicyclic) bond motifs is 2. The second-order valence-corrected chi connectivity index (χ2v) is 6.64. The van der Waals surface area contributed by atoms with Crippen molar-refractivity contribution in [3.63, 3.8) is 0 Å². The molecule has 3 heterocycles. The molecule has 1 atom stereocenters. The number of nitrogens with zero attached hydrogens (tertiary/aromatic N) is 1. The molecule has 138 valence electrons. The molecule has 1 aliphatic heterocycles. The van der Waals surface area contributed by atoms with Crippen LogP contribution in [0.4, 0.5) is 0 Å². The van der Waals surface area contributed by atoms with E-state index >= 15 is 0 Å². The van der Waals surface area contributed by atoms with Crippen LogP contribution < -0.4 is 21.3 Å². The first-order valence-corrected chi connectivity index (χ1v) is 8.65. The molecular formula is C19H18N4O4. The fourth-order valence-corrected chi connectivity index (χ4v) is 3.39. The Kier molecular flexibility index (Phi) is 4.23. The predicted octanol–water partition coefficient (Wildman–Crippen LogP) is 0.761. The van der Waals surface area contributed by atoms with Crippen molar-refractivity contribution >= 4 is 33.4 Å². The highest BCUT2D eigenvalue weighted by atomic mass is 16.5. The van der Waals surface area contributed by atoms with Crippen LogP contribution in [0.15, 0.2) is 35.4 Å². The summed E-state index contributed by atoms with van der Waals surface area (Å²) in [5.41, 5.74) is 5.72. The Balaban J connectivity index is 1.77. The topological polar surface area (TPSA) is 127 Å². The van der Waals surface area contributed by atoms with Gasteiger partial charge in [0.1, 0.15) is 6.61 Å². The van der Waals surface area contributed by atoms with Crippen LogP contribution in [0.5, 0.6) is 5.88 Å². The van der Waals surface area contributed by atoms with E-state index in [1.807, 2.05) is 0 Å². The van der Waals surface area contributed by atoms with Crippen molar-refractivity contribution in [1.82, 2.24) is 15.3 Å². The molecular weight excluding hydrogens is 348 g/mol. The molecule has 2 aromatic heterocycles. The SMILES string of the molecule is NC(=O)Cc1c[nH]c(=O)c2cc3ccnc(OCC4CCC(=O)N4)c3cc12. The third-order valence-corrected chi connectivity index (χ3v) is 4.70. The number of aromatic nitrogens is 2. The van der Waals surface area contributed by atoms with Crippen LogP contribution in [0.2, 0.25) is 0 Å². The van der Waals surface area contributed by atoms with E-state index in [1.54, 1.807) is 24.4 Å². The van der Waals surface area contributed by atoms with Crippen molar-refractivity contribution in [3.05, 3.63) is 46.5 Å². The van der Waals surface area contributed by atoms with Crippen molar-refractivity contribution in [2.45, 2.75) is 25.3 Å². The Bertz CT molecular complexity index is 1120. The lowest BCUT2D eigenvalue weighted by molar-refractivity contribution is -0.119. The fraction of sp³-hybridized carbons (Fsp3) is 0.263. The summed E-state index contributed by atoms with van der Waals surface area (Å²) in [6.45, 7) is 0.319. The van der Waals surface area contributed by atoms with Gasteiger partial charge in [-0.3, -0.25) is 14.4 Å². The molecule has 1 fully saturated rings. The molecule has 8 nitrogen and oxygen atoms in total. The molecule has 1 unspecified atom stereocenters. The van der Waals surface area contributed by atoms with Crippen molar-refractivity contribution in [2.24, 2.45) is 5.73 Å². The minimum atomic E-state index is -0.483. The molecule has 2 amide bonds. The van der Waals surface area contributed by atoms with E-state index in [0.717, 1.165) is 17.2 Å². The van der Waals surface area contributed by atoms with Gasteiger partial charge in [-0.05, 0) is 41.0 Å². The summed E-state index contributed by atoms with van der Waals surface area (Å²) in [4.78, 5) is 41.8. The van der Waals surface area contributed by atoms with Crippen molar-refractivity contribution in [2.75, 3.05) is 6.61 Å². The van der Waals surface area contributed by atoms with Gasteiger partial charge >= 0.3 is 0 Å². The maximum atomic E-state index is 12.2. The molecule has 1 aliphatic rings. The number of aromatic amines is 1. The zero-order valence-corrected chi connectivity index (χ0v) is 14.5. The minimum absolute atomic E-state index is 0.0172. The first kappa shape index (κ1) is 17.0. The standard InChI is InChI=1S/C19H18N4O4/c20-16(24)6-11-8-22-18(26)15-5-10-3-4-21-19(14(10)7-13(11)15)27-9-12-1-2-17(25)23-12/h3-5,7-8,12H,1-2,6,9H2,(H2,20,24)(H,22,26)(H,23,25). The zero-order valence-electron chi connectivity index (χ0n) is 14.5. The summed E-state index contributed by atoms with van der Waals surface area (Å²) >= 11 is 0. The van der Waals surface area contributed by atoms with Crippen LogP contribution in [-0.4, -0.2) is 34.4 Å². The van der Waals surface area contributed by atoms with Gasteiger partial charge in [0.15, 0.2) is 0 Å². The lowest BCUT2D eigenvalue weighted by Gasteiger charge is -2.13. The number of hydrogen-bond donors (Lipinski definition) is 3. The number of ether oxygens (including phenoxy) is 1. The maximum Gasteiger partial charge on any atom is 0.255 e. The van der Waals surface area contributed by atoms with Gasteiger partial charge in [-0.2, -0.15) is 0 Å². The molecule has 1 aromatic carbocycles. The Morgan fingerprint density at radius 1 is 1.26 bits per heavy atom. The molecule has 3 aromatic rings. The number of primary amides is 1. The van der Waals surface area contributed by atoms with E-state index < -0.39 is 5.91 Å². The second-order valence-electron chi connectivity index (χ2n) is 6.64. The average Bonchev–Trinajstić information content (AvgIpc) is 3.06. The molecule has 4 rings (SSSR count). The van der Waals surface area contributed by atoms with Crippen LogP contribution in [-0.2, 0) is 16.0 Å². The van der Waals surface area contributed by atoms with Crippen LogP contribution in [0, 0.1) is 0 Å². The van der Waals surface area contributed by atoms with Crippen LogP contribution >= 0.6 is 0 Å². The summed E-state index contributed by atoms with van der Waals surface area (Å²) in [5, 5.41) is 5.48. The lowest BCUT2D eigenvalue weighted by atomic mass is 10.0. The third-order valence-electron chi connectivity index (χ3n) is 4.70. The normalized spacial score (nSPS) is 16.6. The van der Waals surface area contributed by atoms with E-state index in [9.17, 15) is 14.4 Å². The number of carbonyl (C=O) groups excluding carboxylic acids is 2. The van der Waals surface area contributed by atoms with Gasteiger partial charge in [-0.1, -0.05) is 0 Å². The quantitative estimate of drug-likeness (QED) is 0.575. The Hall–Kier alpha value is -3.42. The molecule has 0 spiro atoms. The molecule has 0 bridgehead atoms. The van der Waals surface area contributed by atoms with E-state index in [0.29, 0.717) is 35.2 Å². The van der Waals surface area contributed by atoms with Crippen molar-refractivity contribution < 1.29 is 14.3 Å². The maximum absolute atomic E-state index is 12.2. The number of pyridine rings is 2. The Labute approximate surface area is 153 Å². The minimum Gasteiger partial charge on any atom is -0.475 e. The van der Waals surface area contributed by atoms with E-state index in [1.165, 1.54) is 6.20 Å². The summed E-state index contributed by atoms with van der Waals surface area (Å²) in [7, 11) is 0. The van der Waals surface area contributed by atoms with Gasteiger partial charge in [0.2, 0.25) is 17.7 Å². The highest BCUT2D eigenvalue weighted by Gasteiger charge is 2.21. The summed E-state index contributed by atoms with van der Waals surface area (Å²) < 4.78 is 5.85. The average molecular weight is 366 g/mol. The fourth-order valence-electron chi connectivity index (χ4n) is 3.39. The summed E-state index contributed by atoms with van der Waals surface area (Å²) in [5.74, 6) is -0.0419. The highest BCUT2D eigenvalue weighted by Crippen LogP contribution is 2.29. The van der Waals surface area contributed by atoms with Gasteiger partial charge in [0, 0.05) is 29.6 Å². The molecule has 0 saturated carbocycles. The molecule has 1 saturated heterocycles. The monoisotopic (exact) mass is 366 g/mol. The van der Waals surface area contributed by atoms with Crippen LogP contribution in [0.25, 0.3) is 21.5 Å². The highest BCUT2D eigenvalue weighted by molar-refractivity contribution is 6.01. The van der Waals surface area contributed by atoms with E-state index in [2.05, 4.69) is 15.3 Å². The van der Waals surface area contributed by atoms with Gasteiger partial charge in [0.25, 0.3) is 5.56 Å². The van der Waals surface area contributed by atoms with Crippen LogP contribution in [0.1, 0.15) is 18.4 Å². The second kappa shape index (κ2) is 6.71. The first-order valence-electron chi connectivity index (χ1n) is 8.65. The van der Waals surface area contributed by atoms with E-state index in [4.69, 9.17) is 10.5 Å². The zero-order chi connectivity index (χ0) is 19.0. The number of benzene rings is 1. The van der Waals surface area contributed by atoms with Gasteiger partial charge in [-0.25, -0.2) is 4.98 Å². The third kappa shape index (κ3) is 3.33. The number of rotatable bonds is 5. The lowest BCUT2D eigenvalue weighted by Crippen LogP contribution is -2.31. The van der Waals surface area contributed by atoms with Gasteiger partial charge in [0.05, 0.1) is 12.5 Å². The smallest absolute Gasteiger partial charge is 0.255 e. The van der Waals surface area contributed by atoms with Crippen LogP contribution in [0.3, 0.4) is 0 Å². The van der Waals surface area contributed by atoms with Crippen molar-refractivity contribution in [1.29, 1.82) is 0 Å². The summed E-state index contributed by atoms with van der Waals surface area (Å²) in [6, 6.07) is 5.30. The van der Waals surface area contributed by atoms with Gasteiger partial charge in [-0.15, -0.1) is 0 Å². The number of nitrogens with one attached hydrogen (secondary N) is 2. The summed E-state index contributed by atoms with van der Waals surface area (Å²) in [6.07, 6.45) is 4.36. The predicted molar refractivity (Wildman–Crippen MR) is 99.4 cm³/mol. The molecule has 27 heavy (non-hydrogen) atoms. The number of amides is 2. The number of H-pyrrole nitrogens is 1. The van der Waals surface area contributed by atoms with E-state index in [-0.39, 0.29) is 23.9 Å².